The Morgan fingerprint density at radius 3 is 2.47 bits per heavy atom. The van der Waals surface area contributed by atoms with Gasteiger partial charge in [-0.25, -0.2) is 9.69 Å². The fourth-order valence-corrected chi connectivity index (χ4v) is 2.15. The SMILES string of the molecule is O=C1NCc2ccccc2N1C(=O)c1ccccc1. The first-order chi connectivity index (χ1) is 9.27. The molecule has 3 rings (SSSR count). The zero-order valence-electron chi connectivity index (χ0n) is 10.2. The number of rotatable bonds is 1. The van der Waals surface area contributed by atoms with Gasteiger partial charge in [0.1, 0.15) is 0 Å². The largest absolute Gasteiger partial charge is 0.333 e. The molecule has 0 spiro atoms. The number of nitrogens with zero attached hydrogens (tertiary/aromatic N) is 1. The van der Waals surface area contributed by atoms with Crippen LogP contribution in [0.2, 0.25) is 0 Å². The molecule has 0 saturated heterocycles. The molecule has 1 heterocycles. The van der Waals surface area contributed by atoms with Crippen LogP contribution < -0.4 is 10.2 Å². The van der Waals surface area contributed by atoms with Crippen molar-refractivity contribution in [2.45, 2.75) is 6.54 Å². The van der Waals surface area contributed by atoms with Crippen LogP contribution in [0.3, 0.4) is 0 Å². The second-order valence-electron chi connectivity index (χ2n) is 4.29. The summed E-state index contributed by atoms with van der Waals surface area (Å²) in [6.07, 6.45) is 0. The molecule has 0 radical (unpaired) electrons. The summed E-state index contributed by atoms with van der Waals surface area (Å²) < 4.78 is 0. The van der Waals surface area contributed by atoms with E-state index in [2.05, 4.69) is 5.32 Å². The van der Waals surface area contributed by atoms with Gasteiger partial charge >= 0.3 is 6.03 Å². The molecule has 1 N–H and O–H groups in total. The minimum atomic E-state index is -0.382. The maximum atomic E-state index is 12.4. The number of urea groups is 1. The quantitative estimate of drug-likeness (QED) is 0.848. The lowest BCUT2D eigenvalue weighted by Crippen LogP contribution is -2.47. The van der Waals surface area contributed by atoms with E-state index in [1.165, 1.54) is 4.90 Å². The third-order valence-corrected chi connectivity index (χ3v) is 3.09. The molecule has 3 amide bonds. The summed E-state index contributed by atoms with van der Waals surface area (Å²) in [5, 5.41) is 2.71. The summed E-state index contributed by atoms with van der Waals surface area (Å²) in [5.74, 6) is -0.315. The summed E-state index contributed by atoms with van der Waals surface area (Å²) in [5.41, 5.74) is 2.08. The van der Waals surface area contributed by atoms with Crippen LogP contribution in [0.25, 0.3) is 0 Å². The van der Waals surface area contributed by atoms with E-state index >= 15 is 0 Å². The van der Waals surface area contributed by atoms with Crippen molar-refractivity contribution >= 4 is 17.6 Å². The first-order valence-corrected chi connectivity index (χ1v) is 6.02. The Balaban J connectivity index is 2.05. The van der Waals surface area contributed by atoms with Gasteiger partial charge in [-0.15, -0.1) is 0 Å². The van der Waals surface area contributed by atoms with E-state index < -0.39 is 0 Å². The van der Waals surface area contributed by atoms with E-state index in [0.29, 0.717) is 17.8 Å². The van der Waals surface area contributed by atoms with E-state index in [9.17, 15) is 9.59 Å². The minimum absolute atomic E-state index is 0.315. The number of carbonyl (C=O) groups excluding carboxylic acids is 2. The fourth-order valence-electron chi connectivity index (χ4n) is 2.15. The topological polar surface area (TPSA) is 49.4 Å². The number of hydrogen-bond acceptors (Lipinski definition) is 2. The molecule has 1 aliphatic heterocycles. The summed E-state index contributed by atoms with van der Waals surface area (Å²) >= 11 is 0. The van der Waals surface area contributed by atoms with Gasteiger partial charge in [0.2, 0.25) is 0 Å². The van der Waals surface area contributed by atoms with Gasteiger partial charge in [0, 0.05) is 12.1 Å². The van der Waals surface area contributed by atoms with Crippen LogP contribution in [-0.2, 0) is 6.54 Å². The molecule has 0 aliphatic carbocycles. The van der Waals surface area contributed by atoms with Crippen molar-refractivity contribution in [2.75, 3.05) is 4.90 Å². The van der Waals surface area contributed by atoms with Gasteiger partial charge in [0.25, 0.3) is 5.91 Å². The molecule has 0 bridgehead atoms. The van der Waals surface area contributed by atoms with Crippen LogP contribution in [0.1, 0.15) is 15.9 Å². The van der Waals surface area contributed by atoms with Gasteiger partial charge < -0.3 is 5.32 Å². The lowest BCUT2D eigenvalue weighted by molar-refractivity contribution is 0.0992. The first kappa shape index (κ1) is 11.5. The van der Waals surface area contributed by atoms with Crippen LogP contribution in [0.5, 0.6) is 0 Å². The summed E-state index contributed by atoms with van der Waals surface area (Å²) in [4.78, 5) is 25.6. The van der Waals surface area contributed by atoms with Crippen molar-refractivity contribution in [1.82, 2.24) is 5.32 Å². The Kier molecular flexibility index (Phi) is 2.76. The van der Waals surface area contributed by atoms with Gasteiger partial charge in [-0.3, -0.25) is 4.79 Å². The molecule has 0 unspecified atom stereocenters. The van der Waals surface area contributed by atoms with Crippen molar-refractivity contribution in [3.05, 3.63) is 65.7 Å². The van der Waals surface area contributed by atoms with E-state index in [1.807, 2.05) is 24.3 Å². The summed E-state index contributed by atoms with van der Waals surface area (Å²) in [7, 11) is 0. The van der Waals surface area contributed by atoms with Crippen LogP contribution in [-0.4, -0.2) is 11.9 Å². The molecule has 2 aromatic carbocycles. The molecular weight excluding hydrogens is 240 g/mol. The Morgan fingerprint density at radius 1 is 1.00 bits per heavy atom. The van der Waals surface area contributed by atoms with Crippen molar-refractivity contribution < 1.29 is 9.59 Å². The highest BCUT2D eigenvalue weighted by molar-refractivity contribution is 6.21. The smallest absolute Gasteiger partial charge is 0.329 e. The van der Waals surface area contributed by atoms with Gasteiger partial charge in [-0.1, -0.05) is 36.4 Å². The molecule has 0 atom stereocenters. The number of nitrogens with one attached hydrogen (secondary N) is 1. The number of carbonyl (C=O) groups is 2. The highest BCUT2D eigenvalue weighted by atomic mass is 16.2. The van der Waals surface area contributed by atoms with Crippen molar-refractivity contribution in [3.8, 4) is 0 Å². The zero-order chi connectivity index (χ0) is 13.2. The summed E-state index contributed by atoms with van der Waals surface area (Å²) in [6, 6.07) is 15.8. The van der Waals surface area contributed by atoms with Gasteiger partial charge in [-0.05, 0) is 23.8 Å². The Labute approximate surface area is 110 Å². The summed E-state index contributed by atoms with van der Waals surface area (Å²) in [6.45, 7) is 0.452. The lowest BCUT2D eigenvalue weighted by atomic mass is 10.1. The molecule has 94 valence electrons. The van der Waals surface area contributed by atoms with Crippen LogP contribution in [0, 0.1) is 0 Å². The number of hydrogen-bond donors (Lipinski definition) is 1. The zero-order valence-corrected chi connectivity index (χ0v) is 10.2. The fraction of sp³-hybridized carbons (Fsp3) is 0.0667. The molecule has 1 aliphatic rings. The van der Waals surface area contributed by atoms with Gasteiger partial charge in [0.15, 0.2) is 0 Å². The first-order valence-electron chi connectivity index (χ1n) is 6.02. The predicted molar refractivity (Wildman–Crippen MR) is 71.9 cm³/mol. The number of anilines is 1. The molecule has 4 nitrogen and oxygen atoms in total. The molecule has 2 aromatic rings. The Morgan fingerprint density at radius 2 is 1.68 bits per heavy atom. The normalized spacial score (nSPS) is 13.7. The third kappa shape index (κ3) is 1.97. The Hall–Kier alpha value is -2.62. The number of benzene rings is 2. The van der Waals surface area contributed by atoms with Crippen molar-refractivity contribution in [1.29, 1.82) is 0 Å². The Bertz CT molecular complexity index is 638. The molecule has 0 fully saturated rings. The van der Waals surface area contributed by atoms with Crippen molar-refractivity contribution in [2.24, 2.45) is 0 Å². The predicted octanol–water partition coefficient (Wildman–Crippen LogP) is 2.56. The molecule has 0 saturated carbocycles. The lowest BCUT2D eigenvalue weighted by Gasteiger charge is -2.28. The molecule has 4 heteroatoms. The van der Waals surface area contributed by atoms with E-state index in [0.717, 1.165) is 5.56 Å². The number of para-hydroxylation sites is 1. The average Bonchev–Trinajstić information content (AvgIpc) is 2.47. The van der Waals surface area contributed by atoms with Crippen LogP contribution in [0.15, 0.2) is 54.6 Å². The van der Waals surface area contributed by atoms with E-state index in [-0.39, 0.29) is 11.9 Å². The number of imide groups is 1. The molecular formula is C15H12N2O2. The van der Waals surface area contributed by atoms with Gasteiger partial charge in [-0.2, -0.15) is 0 Å². The van der Waals surface area contributed by atoms with Crippen molar-refractivity contribution in [3.63, 3.8) is 0 Å². The third-order valence-electron chi connectivity index (χ3n) is 3.09. The monoisotopic (exact) mass is 252 g/mol. The average molecular weight is 252 g/mol. The second kappa shape index (κ2) is 4.57. The van der Waals surface area contributed by atoms with Crippen LogP contribution >= 0.6 is 0 Å². The van der Waals surface area contributed by atoms with E-state index in [4.69, 9.17) is 0 Å². The minimum Gasteiger partial charge on any atom is -0.333 e. The maximum Gasteiger partial charge on any atom is 0.329 e. The second-order valence-corrected chi connectivity index (χ2v) is 4.29. The highest BCUT2D eigenvalue weighted by Crippen LogP contribution is 2.25. The van der Waals surface area contributed by atoms with Gasteiger partial charge in [0.05, 0.1) is 5.69 Å². The standard InChI is InChI=1S/C15H12N2O2/c18-14(11-6-2-1-3-7-11)17-13-9-5-4-8-12(13)10-16-15(17)19/h1-9H,10H2,(H,16,19). The number of amides is 3. The van der Waals surface area contributed by atoms with Crippen LogP contribution in [0.4, 0.5) is 10.5 Å². The maximum absolute atomic E-state index is 12.4. The number of fused-ring (bicyclic) bond motifs is 1. The molecule has 19 heavy (non-hydrogen) atoms. The molecule has 0 aromatic heterocycles. The highest BCUT2D eigenvalue weighted by Gasteiger charge is 2.29. The van der Waals surface area contributed by atoms with E-state index in [1.54, 1.807) is 30.3 Å².